The van der Waals surface area contributed by atoms with Crippen molar-refractivity contribution in [3.8, 4) is 0 Å². The second kappa shape index (κ2) is 6.18. The van der Waals surface area contributed by atoms with Gasteiger partial charge in [0, 0.05) is 20.6 Å². The normalized spacial score (nSPS) is 22.9. The minimum atomic E-state index is -0.484. The largest absolute Gasteiger partial charge is 0.347 e. The molecule has 1 unspecified atom stereocenters. The van der Waals surface area contributed by atoms with Crippen molar-refractivity contribution in [3.63, 3.8) is 0 Å². The number of nitrogens with one attached hydrogen (secondary N) is 1. The van der Waals surface area contributed by atoms with Crippen LogP contribution in [0.2, 0.25) is 0 Å². The highest BCUT2D eigenvalue weighted by atomic mass is 16.2. The van der Waals surface area contributed by atoms with Crippen LogP contribution in [0.15, 0.2) is 0 Å². The molecule has 0 aromatic rings. The quantitative estimate of drug-likeness (QED) is 0.776. The van der Waals surface area contributed by atoms with Crippen LogP contribution in [0.4, 0.5) is 0 Å². The summed E-state index contributed by atoms with van der Waals surface area (Å²) in [5.74, 6) is 0.0236. The zero-order valence-electron chi connectivity index (χ0n) is 12.0. The van der Waals surface area contributed by atoms with Crippen LogP contribution in [-0.4, -0.2) is 60.9 Å². The molecular weight excluding hydrogens is 230 g/mol. The predicted molar refractivity (Wildman–Crippen MR) is 71.2 cm³/mol. The third-order valence-corrected chi connectivity index (χ3v) is 3.45. The molecule has 0 spiro atoms. The molecule has 0 saturated carbocycles. The van der Waals surface area contributed by atoms with Crippen molar-refractivity contribution in [2.45, 2.75) is 38.6 Å². The molecular formula is C13H25N3O2. The molecule has 5 heteroatoms. The molecule has 1 saturated heterocycles. The second-order valence-electron chi connectivity index (χ2n) is 5.38. The maximum Gasteiger partial charge on any atom is 0.243 e. The third kappa shape index (κ3) is 3.45. The Morgan fingerprint density at radius 1 is 1.33 bits per heavy atom. The van der Waals surface area contributed by atoms with Crippen molar-refractivity contribution in [2.24, 2.45) is 0 Å². The maximum absolute atomic E-state index is 12.5. The van der Waals surface area contributed by atoms with Gasteiger partial charge in [0.15, 0.2) is 0 Å². The highest BCUT2D eigenvalue weighted by Gasteiger charge is 2.39. The van der Waals surface area contributed by atoms with Gasteiger partial charge in [0.05, 0.1) is 12.1 Å². The molecule has 18 heavy (non-hydrogen) atoms. The number of amides is 2. The summed E-state index contributed by atoms with van der Waals surface area (Å²) < 4.78 is 0. The summed E-state index contributed by atoms with van der Waals surface area (Å²) in [4.78, 5) is 27.5. The number of nitrogens with zero attached hydrogens (tertiary/aromatic N) is 2. The Morgan fingerprint density at radius 2 is 2.00 bits per heavy atom. The summed E-state index contributed by atoms with van der Waals surface area (Å²) in [6.07, 6.45) is 2.73. The highest BCUT2D eigenvalue weighted by molar-refractivity contribution is 5.90. The smallest absolute Gasteiger partial charge is 0.243 e. The van der Waals surface area contributed by atoms with Crippen molar-refractivity contribution >= 4 is 11.8 Å². The van der Waals surface area contributed by atoms with Crippen LogP contribution < -0.4 is 5.32 Å². The SMILES string of the molecule is CCCN(CC(=O)N(C)C)C(=O)C1(C)CCCN1. The van der Waals surface area contributed by atoms with Gasteiger partial charge in [-0.2, -0.15) is 0 Å². The molecule has 104 valence electrons. The molecule has 1 aliphatic rings. The summed E-state index contributed by atoms with van der Waals surface area (Å²) in [6.45, 7) is 5.65. The van der Waals surface area contributed by atoms with E-state index in [9.17, 15) is 9.59 Å². The molecule has 5 nitrogen and oxygen atoms in total. The average molecular weight is 255 g/mol. The Balaban J connectivity index is 2.71. The van der Waals surface area contributed by atoms with E-state index in [1.165, 1.54) is 4.90 Å². The number of hydrogen-bond acceptors (Lipinski definition) is 3. The summed E-state index contributed by atoms with van der Waals surface area (Å²) in [5.41, 5.74) is -0.484. The van der Waals surface area contributed by atoms with Gasteiger partial charge < -0.3 is 15.1 Å². The first kappa shape index (κ1) is 15.0. The van der Waals surface area contributed by atoms with Crippen molar-refractivity contribution in [2.75, 3.05) is 33.7 Å². The first-order valence-electron chi connectivity index (χ1n) is 6.65. The van der Waals surface area contributed by atoms with Crippen molar-refractivity contribution in [3.05, 3.63) is 0 Å². The van der Waals surface area contributed by atoms with E-state index >= 15 is 0 Å². The van der Waals surface area contributed by atoms with E-state index in [-0.39, 0.29) is 18.4 Å². The lowest BCUT2D eigenvalue weighted by molar-refractivity contribution is -0.143. The molecule has 0 aliphatic carbocycles. The van der Waals surface area contributed by atoms with Gasteiger partial charge in [-0.05, 0) is 32.7 Å². The Hall–Kier alpha value is -1.10. The molecule has 0 bridgehead atoms. The second-order valence-corrected chi connectivity index (χ2v) is 5.38. The fraction of sp³-hybridized carbons (Fsp3) is 0.846. The molecule has 1 atom stereocenters. The lowest BCUT2D eigenvalue weighted by atomic mass is 9.98. The molecule has 1 rings (SSSR count). The van der Waals surface area contributed by atoms with Crippen molar-refractivity contribution < 1.29 is 9.59 Å². The highest BCUT2D eigenvalue weighted by Crippen LogP contribution is 2.21. The summed E-state index contributed by atoms with van der Waals surface area (Å²) >= 11 is 0. The van der Waals surface area contributed by atoms with Crippen LogP contribution >= 0.6 is 0 Å². The molecule has 0 aromatic heterocycles. The fourth-order valence-corrected chi connectivity index (χ4v) is 2.25. The lowest BCUT2D eigenvalue weighted by Gasteiger charge is -2.32. The van der Waals surface area contributed by atoms with Crippen LogP contribution in [0.5, 0.6) is 0 Å². The van der Waals surface area contributed by atoms with Crippen LogP contribution in [0, 0.1) is 0 Å². The summed E-state index contributed by atoms with van der Waals surface area (Å²) in [5, 5.41) is 3.26. The van der Waals surface area contributed by atoms with Crippen molar-refractivity contribution in [1.29, 1.82) is 0 Å². The minimum Gasteiger partial charge on any atom is -0.347 e. The Kier molecular flexibility index (Phi) is 5.14. The number of hydrogen-bond donors (Lipinski definition) is 1. The van der Waals surface area contributed by atoms with Crippen LogP contribution in [0.1, 0.15) is 33.1 Å². The first-order valence-corrected chi connectivity index (χ1v) is 6.65. The Labute approximate surface area is 110 Å². The minimum absolute atomic E-state index is 0.0293. The standard InChI is InChI=1S/C13H25N3O2/c1-5-9-16(10-11(17)15(3)4)12(18)13(2)7-6-8-14-13/h14H,5-10H2,1-4H3. The number of rotatable bonds is 5. The predicted octanol–water partition coefficient (Wildman–Crippen LogP) is 0.455. The van der Waals surface area contributed by atoms with Crippen LogP contribution in [0.25, 0.3) is 0 Å². The molecule has 1 aliphatic heterocycles. The fourth-order valence-electron chi connectivity index (χ4n) is 2.25. The Morgan fingerprint density at radius 3 is 2.44 bits per heavy atom. The van der Waals surface area contributed by atoms with Gasteiger partial charge in [0.2, 0.25) is 11.8 Å². The topological polar surface area (TPSA) is 52.7 Å². The van der Waals surface area contributed by atoms with Gasteiger partial charge in [0.1, 0.15) is 0 Å². The summed E-state index contributed by atoms with van der Waals surface area (Å²) in [6, 6.07) is 0. The maximum atomic E-state index is 12.5. The molecule has 1 fully saturated rings. The van der Waals surface area contributed by atoms with Crippen LogP contribution in [-0.2, 0) is 9.59 Å². The van der Waals surface area contributed by atoms with Gasteiger partial charge in [-0.25, -0.2) is 0 Å². The zero-order chi connectivity index (χ0) is 13.8. The Bertz CT molecular complexity index is 309. The van der Waals surface area contributed by atoms with E-state index in [4.69, 9.17) is 0 Å². The van der Waals surface area contributed by atoms with E-state index in [1.54, 1.807) is 19.0 Å². The van der Waals surface area contributed by atoms with Gasteiger partial charge in [-0.3, -0.25) is 9.59 Å². The van der Waals surface area contributed by atoms with E-state index in [1.807, 2.05) is 13.8 Å². The van der Waals surface area contributed by atoms with Gasteiger partial charge in [0.25, 0.3) is 0 Å². The summed E-state index contributed by atoms with van der Waals surface area (Å²) in [7, 11) is 3.43. The lowest BCUT2D eigenvalue weighted by Crippen LogP contribution is -2.54. The van der Waals surface area contributed by atoms with Gasteiger partial charge >= 0.3 is 0 Å². The monoisotopic (exact) mass is 255 g/mol. The average Bonchev–Trinajstić information content (AvgIpc) is 2.75. The molecule has 1 heterocycles. The van der Waals surface area contributed by atoms with E-state index in [0.717, 1.165) is 25.8 Å². The van der Waals surface area contributed by atoms with E-state index in [2.05, 4.69) is 5.32 Å². The molecule has 2 amide bonds. The van der Waals surface area contributed by atoms with Gasteiger partial charge in [-0.1, -0.05) is 6.92 Å². The van der Waals surface area contributed by atoms with Crippen molar-refractivity contribution in [1.82, 2.24) is 15.1 Å². The molecule has 1 N–H and O–H groups in total. The molecule has 0 aromatic carbocycles. The number of likely N-dealkylation sites (N-methyl/N-ethyl adjacent to an activating group) is 1. The number of carbonyl (C=O) groups excluding carboxylic acids is 2. The van der Waals surface area contributed by atoms with E-state index < -0.39 is 5.54 Å². The third-order valence-electron chi connectivity index (χ3n) is 3.45. The zero-order valence-corrected chi connectivity index (χ0v) is 12.0. The van der Waals surface area contributed by atoms with Gasteiger partial charge in [-0.15, -0.1) is 0 Å². The van der Waals surface area contributed by atoms with E-state index in [0.29, 0.717) is 6.54 Å². The molecule has 0 radical (unpaired) electrons. The van der Waals surface area contributed by atoms with Crippen LogP contribution in [0.3, 0.4) is 0 Å². The first-order chi connectivity index (χ1) is 8.40. The number of carbonyl (C=O) groups is 2.